The maximum atomic E-state index is 2.67. The van der Waals surface area contributed by atoms with Crippen LogP contribution in [0.25, 0.3) is 22.3 Å². The smallest absolute Gasteiger partial charge is 0.0517 e. The zero-order chi connectivity index (χ0) is 31.1. The Bertz CT molecular complexity index is 1880. The number of nitrogens with zero attached hydrogens (tertiary/aromatic N) is 2. The molecule has 1 saturated carbocycles. The molecule has 1 aliphatic heterocycles. The predicted octanol–water partition coefficient (Wildman–Crippen LogP) is 12.2. The van der Waals surface area contributed by atoms with Gasteiger partial charge in [0.2, 0.25) is 0 Å². The van der Waals surface area contributed by atoms with E-state index < -0.39 is 0 Å². The summed E-state index contributed by atoms with van der Waals surface area (Å²) in [7, 11) is 0. The van der Waals surface area contributed by atoms with Crippen LogP contribution < -0.4 is 9.80 Å². The molecule has 1 heterocycles. The van der Waals surface area contributed by atoms with E-state index in [-0.39, 0.29) is 11.0 Å². The van der Waals surface area contributed by atoms with Gasteiger partial charge in [0.25, 0.3) is 0 Å². The molecule has 0 saturated heterocycles. The van der Waals surface area contributed by atoms with Crippen LogP contribution in [0.2, 0.25) is 0 Å². The molecule has 2 atom stereocenters. The molecule has 1 aliphatic carbocycles. The van der Waals surface area contributed by atoms with Gasteiger partial charge < -0.3 is 9.80 Å². The second-order valence-electron chi connectivity index (χ2n) is 13.3. The van der Waals surface area contributed by atoms with Gasteiger partial charge in [-0.3, -0.25) is 0 Å². The van der Waals surface area contributed by atoms with Gasteiger partial charge in [0.05, 0.1) is 5.54 Å². The lowest BCUT2D eigenvalue weighted by Gasteiger charge is -2.50. The van der Waals surface area contributed by atoms with Crippen molar-refractivity contribution >= 4 is 28.4 Å². The Morgan fingerprint density at radius 1 is 0.478 bits per heavy atom. The first-order valence-electron chi connectivity index (χ1n) is 16.7. The Morgan fingerprint density at radius 3 is 1.61 bits per heavy atom. The summed E-state index contributed by atoms with van der Waals surface area (Å²) in [6.45, 7) is 5.00. The van der Waals surface area contributed by atoms with Gasteiger partial charge in [-0.15, -0.1) is 0 Å². The first-order chi connectivity index (χ1) is 22.5. The van der Waals surface area contributed by atoms with Crippen LogP contribution in [0.15, 0.2) is 158 Å². The van der Waals surface area contributed by atoms with Crippen LogP contribution >= 0.6 is 0 Å². The molecule has 0 bridgehead atoms. The van der Waals surface area contributed by atoms with E-state index in [2.05, 4.69) is 181 Å². The zero-order valence-corrected chi connectivity index (χ0v) is 26.7. The summed E-state index contributed by atoms with van der Waals surface area (Å²) < 4.78 is 0. The minimum atomic E-state index is 0.0209. The average Bonchev–Trinajstić information content (AvgIpc) is 3.33. The van der Waals surface area contributed by atoms with Gasteiger partial charge >= 0.3 is 0 Å². The van der Waals surface area contributed by atoms with Crippen molar-refractivity contribution in [1.82, 2.24) is 0 Å². The summed E-state index contributed by atoms with van der Waals surface area (Å²) in [5, 5.41) is 0. The lowest BCUT2D eigenvalue weighted by atomic mass is 9.61. The van der Waals surface area contributed by atoms with Crippen LogP contribution in [0.1, 0.15) is 45.1 Å². The van der Waals surface area contributed by atoms with Crippen LogP contribution in [-0.2, 0) is 5.41 Å². The maximum Gasteiger partial charge on any atom is 0.0517 e. The van der Waals surface area contributed by atoms with Crippen molar-refractivity contribution in [3.63, 3.8) is 0 Å². The van der Waals surface area contributed by atoms with E-state index in [0.717, 1.165) is 17.1 Å². The van der Waals surface area contributed by atoms with Crippen molar-refractivity contribution in [3.05, 3.63) is 163 Å². The van der Waals surface area contributed by atoms with Crippen LogP contribution in [0.4, 0.5) is 28.4 Å². The molecule has 6 aromatic carbocycles. The van der Waals surface area contributed by atoms with Crippen molar-refractivity contribution in [1.29, 1.82) is 0 Å². The Morgan fingerprint density at radius 2 is 1.00 bits per heavy atom. The Balaban J connectivity index is 1.24. The minimum Gasteiger partial charge on any atom is -0.334 e. The summed E-state index contributed by atoms with van der Waals surface area (Å²) in [4.78, 5) is 5.07. The molecule has 6 aromatic rings. The highest BCUT2D eigenvalue weighted by Gasteiger charge is 2.57. The lowest BCUT2D eigenvalue weighted by molar-refractivity contribution is 0.195. The molecule has 2 aliphatic rings. The van der Waals surface area contributed by atoms with Crippen LogP contribution in [-0.4, -0.2) is 5.54 Å². The second kappa shape index (κ2) is 11.4. The van der Waals surface area contributed by atoms with Gasteiger partial charge in [0.1, 0.15) is 0 Å². The molecule has 226 valence electrons. The summed E-state index contributed by atoms with van der Waals surface area (Å²) in [5.41, 5.74) is 12.6. The zero-order valence-electron chi connectivity index (χ0n) is 26.7. The summed E-state index contributed by atoms with van der Waals surface area (Å²) in [6.07, 6.45) is 4.97. The molecule has 0 N–H and O–H groups in total. The minimum absolute atomic E-state index is 0.0209. The molecule has 0 radical (unpaired) electrons. The summed E-state index contributed by atoms with van der Waals surface area (Å²) >= 11 is 0. The number of fused-ring (bicyclic) bond motifs is 3. The third kappa shape index (κ3) is 4.63. The number of para-hydroxylation sites is 1. The lowest BCUT2D eigenvalue weighted by Crippen LogP contribution is -2.54. The van der Waals surface area contributed by atoms with Gasteiger partial charge in [-0.25, -0.2) is 0 Å². The molecular formula is C44H40N2. The average molecular weight is 597 g/mol. The molecule has 0 amide bonds. The topological polar surface area (TPSA) is 6.48 Å². The van der Waals surface area contributed by atoms with E-state index in [1.165, 1.54) is 64.9 Å². The normalized spacial score (nSPS) is 20.2. The third-order valence-electron chi connectivity index (χ3n) is 10.8. The molecule has 8 rings (SSSR count). The van der Waals surface area contributed by atoms with Crippen molar-refractivity contribution in [2.75, 3.05) is 9.80 Å². The van der Waals surface area contributed by atoms with Crippen LogP contribution in [0, 0.1) is 0 Å². The van der Waals surface area contributed by atoms with Gasteiger partial charge in [0.15, 0.2) is 0 Å². The number of hydrogen-bond acceptors (Lipinski definition) is 2. The molecule has 2 unspecified atom stereocenters. The third-order valence-corrected chi connectivity index (χ3v) is 10.8. The Labute approximate surface area is 273 Å². The van der Waals surface area contributed by atoms with Crippen molar-refractivity contribution < 1.29 is 0 Å². The van der Waals surface area contributed by atoms with Gasteiger partial charge in [-0.2, -0.15) is 0 Å². The highest BCUT2D eigenvalue weighted by molar-refractivity contribution is 5.84. The fourth-order valence-corrected chi connectivity index (χ4v) is 8.19. The van der Waals surface area contributed by atoms with Crippen molar-refractivity contribution in [3.8, 4) is 22.3 Å². The Hall–Kier alpha value is -5.08. The van der Waals surface area contributed by atoms with Crippen LogP contribution in [0.3, 0.4) is 0 Å². The molecular weight excluding hydrogens is 556 g/mol. The SMILES string of the molecule is CC12CCCCC1(C)N(c1cccc(N(c3ccc(-c4ccccc4)cc3)c3ccc(-c4ccccc4)cc3)c1)c1ccccc12. The number of hydrogen-bond donors (Lipinski definition) is 0. The van der Waals surface area contributed by atoms with Crippen molar-refractivity contribution in [2.45, 2.75) is 50.5 Å². The molecule has 2 heteroatoms. The van der Waals surface area contributed by atoms with Crippen LogP contribution in [0.5, 0.6) is 0 Å². The molecule has 0 aromatic heterocycles. The molecule has 0 spiro atoms. The Kier molecular flexibility index (Phi) is 7.02. The largest absolute Gasteiger partial charge is 0.334 e. The molecule has 1 fully saturated rings. The first-order valence-corrected chi connectivity index (χ1v) is 16.7. The molecule has 46 heavy (non-hydrogen) atoms. The highest BCUT2D eigenvalue weighted by atomic mass is 15.3. The van der Waals surface area contributed by atoms with E-state index in [9.17, 15) is 0 Å². The van der Waals surface area contributed by atoms with Crippen molar-refractivity contribution in [2.24, 2.45) is 0 Å². The summed E-state index contributed by atoms with van der Waals surface area (Å²) in [6, 6.07) is 57.5. The number of rotatable bonds is 6. The van der Waals surface area contributed by atoms with Gasteiger partial charge in [-0.05, 0) is 96.1 Å². The van der Waals surface area contributed by atoms with Gasteiger partial charge in [0, 0.05) is 33.9 Å². The fraction of sp³-hybridized carbons (Fsp3) is 0.182. The summed E-state index contributed by atoms with van der Waals surface area (Å²) in [5.74, 6) is 0. The van der Waals surface area contributed by atoms with Gasteiger partial charge in [-0.1, -0.05) is 129 Å². The number of benzene rings is 6. The number of anilines is 5. The second-order valence-corrected chi connectivity index (χ2v) is 13.3. The molecule has 2 nitrogen and oxygen atoms in total. The van der Waals surface area contributed by atoms with E-state index in [1.54, 1.807) is 0 Å². The first kappa shape index (κ1) is 28.4. The van der Waals surface area contributed by atoms with E-state index >= 15 is 0 Å². The van der Waals surface area contributed by atoms with E-state index in [0.29, 0.717) is 0 Å². The maximum absolute atomic E-state index is 2.67. The standard InChI is InChI=1S/C44H40N2/c1-43-30-11-12-31-44(43,2)46(42-21-10-9-20-41(42)43)40-19-13-18-39(32-40)45(37-26-22-35(23-27-37)33-14-5-3-6-15-33)38-28-24-36(25-29-38)34-16-7-4-8-17-34/h3-10,13-29,32H,11-12,30-31H2,1-2H3. The van der Waals surface area contributed by atoms with E-state index in [1.807, 2.05) is 0 Å². The monoisotopic (exact) mass is 596 g/mol. The van der Waals surface area contributed by atoms with E-state index in [4.69, 9.17) is 0 Å². The fourth-order valence-electron chi connectivity index (χ4n) is 8.19. The predicted molar refractivity (Wildman–Crippen MR) is 195 cm³/mol. The highest BCUT2D eigenvalue weighted by Crippen LogP contribution is 2.60. The quantitative estimate of drug-likeness (QED) is 0.189.